The third-order valence-corrected chi connectivity index (χ3v) is 5.90. The van der Waals surface area contributed by atoms with Gasteiger partial charge in [-0.1, -0.05) is 19.2 Å². The van der Waals surface area contributed by atoms with Gasteiger partial charge >= 0.3 is 0 Å². The van der Waals surface area contributed by atoms with Crippen molar-refractivity contribution < 1.29 is 43.5 Å². The Morgan fingerprint density at radius 3 is 1.47 bits per heavy atom. The van der Waals surface area contributed by atoms with Gasteiger partial charge in [-0.3, -0.25) is 9.59 Å². The van der Waals surface area contributed by atoms with Crippen molar-refractivity contribution in [3.63, 3.8) is 0 Å². The van der Waals surface area contributed by atoms with E-state index in [0.29, 0.717) is 22.8 Å². The summed E-state index contributed by atoms with van der Waals surface area (Å²) in [5.74, 6) is -0.856. The average Bonchev–Trinajstić information content (AvgIpc) is 2.94. The van der Waals surface area contributed by atoms with Gasteiger partial charge in [-0.05, 0) is 17.7 Å². The lowest BCUT2D eigenvalue weighted by Gasteiger charge is -2.17. The number of allylic oxidation sites excluding steroid dienone is 2. The smallest absolute Gasteiger partial charge is 0.200 e. The van der Waals surface area contributed by atoms with Gasteiger partial charge in [-0.2, -0.15) is 0 Å². The fourth-order valence-corrected chi connectivity index (χ4v) is 3.85. The maximum atomic E-state index is 13.5. The number of hydrogen-bond donors (Lipinski definition) is 2. The van der Waals surface area contributed by atoms with Crippen molar-refractivity contribution in [2.45, 2.75) is 0 Å². The number of phenols is 2. The molecule has 0 heterocycles. The van der Waals surface area contributed by atoms with Crippen LogP contribution in [0, 0.1) is 0 Å². The van der Waals surface area contributed by atoms with E-state index >= 15 is 0 Å². The lowest BCUT2D eigenvalue weighted by atomic mass is 9.91. The Kier molecular flexibility index (Phi) is 8.32. The van der Waals surface area contributed by atoms with Crippen LogP contribution in [0.2, 0.25) is 0 Å². The number of methoxy groups -OCH3 is 5. The molecule has 198 valence electrons. The van der Waals surface area contributed by atoms with Crippen molar-refractivity contribution in [1.82, 2.24) is 0 Å². The summed E-state index contributed by atoms with van der Waals surface area (Å²) < 4.78 is 26.2. The fourth-order valence-electron chi connectivity index (χ4n) is 3.85. The molecule has 0 bridgehead atoms. The van der Waals surface area contributed by atoms with Crippen LogP contribution in [-0.4, -0.2) is 57.3 Å². The molecule has 0 aliphatic rings. The third kappa shape index (κ3) is 5.12. The number of rotatable bonds is 11. The molecular formula is C29H28O9. The number of hydrogen-bond acceptors (Lipinski definition) is 9. The Balaban J connectivity index is 2.06. The van der Waals surface area contributed by atoms with Crippen molar-refractivity contribution in [1.29, 1.82) is 0 Å². The second-order valence-corrected chi connectivity index (χ2v) is 7.98. The Bertz CT molecular complexity index is 1440. The van der Waals surface area contributed by atoms with Gasteiger partial charge in [0.15, 0.2) is 0 Å². The highest BCUT2D eigenvalue weighted by atomic mass is 16.5. The van der Waals surface area contributed by atoms with Crippen LogP contribution in [0.25, 0.3) is 11.1 Å². The Labute approximate surface area is 220 Å². The van der Waals surface area contributed by atoms with E-state index in [-0.39, 0.29) is 50.8 Å². The van der Waals surface area contributed by atoms with Crippen molar-refractivity contribution in [3.8, 4) is 40.2 Å². The molecular weight excluding hydrogens is 492 g/mol. The van der Waals surface area contributed by atoms with Gasteiger partial charge < -0.3 is 33.9 Å². The standard InChI is InChI=1S/C29H28O9/c1-15(28(32)26-21(30)11-18(34-3)13-24(26)37-6)17-8-9-23(36-5)20(10-17)16(2)29(33)27-22(31)12-19(35-4)14-25(27)38-7/h8-14,30-31H,1-2H2,3-7H3. The second kappa shape index (κ2) is 11.4. The molecule has 0 unspecified atom stereocenters. The molecule has 9 heteroatoms. The summed E-state index contributed by atoms with van der Waals surface area (Å²) in [7, 11) is 6.97. The van der Waals surface area contributed by atoms with Crippen LogP contribution in [0.15, 0.2) is 55.6 Å². The molecule has 0 radical (unpaired) electrons. The highest BCUT2D eigenvalue weighted by molar-refractivity contribution is 6.32. The van der Waals surface area contributed by atoms with Crippen LogP contribution < -0.4 is 23.7 Å². The van der Waals surface area contributed by atoms with Gasteiger partial charge in [-0.25, -0.2) is 0 Å². The number of carbonyl (C=O) groups is 2. The van der Waals surface area contributed by atoms with Crippen LogP contribution in [0.4, 0.5) is 0 Å². The summed E-state index contributed by atoms with van der Waals surface area (Å²) in [6, 6.07) is 10.2. The molecule has 0 fully saturated rings. The molecule has 0 saturated heterocycles. The van der Waals surface area contributed by atoms with Gasteiger partial charge in [0.25, 0.3) is 0 Å². The quantitative estimate of drug-likeness (QED) is 0.268. The molecule has 0 aromatic heterocycles. The first kappa shape index (κ1) is 27.7. The molecule has 0 spiro atoms. The molecule has 0 atom stereocenters. The van der Waals surface area contributed by atoms with Gasteiger partial charge in [0.2, 0.25) is 11.6 Å². The Morgan fingerprint density at radius 1 is 0.605 bits per heavy atom. The summed E-state index contributed by atoms with van der Waals surface area (Å²) in [5.41, 5.74) is 0.354. The minimum absolute atomic E-state index is 0.0118. The maximum Gasteiger partial charge on any atom is 0.200 e. The number of aromatic hydroxyl groups is 2. The van der Waals surface area contributed by atoms with Crippen LogP contribution in [0.5, 0.6) is 40.2 Å². The molecule has 0 aliphatic carbocycles. The molecule has 0 aliphatic heterocycles. The van der Waals surface area contributed by atoms with Gasteiger partial charge in [0, 0.05) is 41.0 Å². The molecule has 9 nitrogen and oxygen atoms in total. The van der Waals surface area contributed by atoms with Crippen LogP contribution >= 0.6 is 0 Å². The number of ketones is 2. The number of benzene rings is 3. The van der Waals surface area contributed by atoms with Crippen LogP contribution in [-0.2, 0) is 0 Å². The molecule has 3 rings (SSSR count). The molecule has 2 N–H and O–H groups in total. The topological polar surface area (TPSA) is 121 Å². The molecule has 3 aromatic carbocycles. The third-order valence-electron chi connectivity index (χ3n) is 5.90. The lowest BCUT2D eigenvalue weighted by molar-refractivity contribution is 0.104. The van der Waals surface area contributed by atoms with E-state index in [1.54, 1.807) is 12.1 Å². The van der Waals surface area contributed by atoms with Crippen LogP contribution in [0.3, 0.4) is 0 Å². The summed E-state index contributed by atoms with van der Waals surface area (Å²) in [5, 5.41) is 21.0. The van der Waals surface area contributed by atoms with E-state index in [0.717, 1.165) is 0 Å². The normalized spacial score (nSPS) is 10.3. The van der Waals surface area contributed by atoms with Crippen molar-refractivity contribution in [3.05, 3.63) is 77.9 Å². The average molecular weight is 521 g/mol. The molecule has 38 heavy (non-hydrogen) atoms. The van der Waals surface area contributed by atoms with Gasteiger partial charge in [0.05, 0.1) is 35.5 Å². The number of Topliss-reactive ketones (excluding diaryl/α,β-unsaturated/α-hetero) is 2. The Hall–Kier alpha value is -4.92. The van der Waals surface area contributed by atoms with E-state index in [2.05, 4.69) is 13.2 Å². The molecule has 0 amide bonds. The maximum absolute atomic E-state index is 13.5. The highest BCUT2D eigenvalue weighted by Crippen LogP contribution is 2.40. The van der Waals surface area contributed by atoms with E-state index in [4.69, 9.17) is 23.7 Å². The van der Waals surface area contributed by atoms with Crippen molar-refractivity contribution in [2.75, 3.05) is 35.5 Å². The van der Waals surface area contributed by atoms with E-state index < -0.39 is 11.6 Å². The lowest BCUT2D eigenvalue weighted by Crippen LogP contribution is -2.08. The molecule has 3 aromatic rings. The number of ether oxygens (including phenoxy) is 5. The predicted molar refractivity (Wildman–Crippen MR) is 142 cm³/mol. The van der Waals surface area contributed by atoms with Crippen molar-refractivity contribution >= 4 is 22.7 Å². The first-order chi connectivity index (χ1) is 18.1. The summed E-state index contributed by atoms with van der Waals surface area (Å²) in [4.78, 5) is 26.8. The first-order valence-corrected chi connectivity index (χ1v) is 11.2. The van der Waals surface area contributed by atoms with Gasteiger partial charge in [-0.15, -0.1) is 0 Å². The second-order valence-electron chi connectivity index (χ2n) is 7.98. The zero-order valence-electron chi connectivity index (χ0n) is 21.7. The van der Waals surface area contributed by atoms with E-state index in [9.17, 15) is 19.8 Å². The number of carbonyl (C=O) groups excluding carboxylic acids is 2. The summed E-state index contributed by atoms with van der Waals surface area (Å²) >= 11 is 0. The van der Waals surface area contributed by atoms with E-state index in [1.807, 2.05) is 0 Å². The first-order valence-electron chi connectivity index (χ1n) is 11.2. The minimum Gasteiger partial charge on any atom is -0.507 e. The predicted octanol–water partition coefficient (Wildman–Crippen LogP) is 4.93. The van der Waals surface area contributed by atoms with Gasteiger partial charge in [0.1, 0.15) is 51.4 Å². The highest BCUT2D eigenvalue weighted by Gasteiger charge is 2.26. The van der Waals surface area contributed by atoms with Crippen LogP contribution in [0.1, 0.15) is 31.8 Å². The summed E-state index contributed by atoms with van der Waals surface area (Å²) in [6.07, 6.45) is 0. The summed E-state index contributed by atoms with van der Waals surface area (Å²) in [6.45, 7) is 7.82. The minimum atomic E-state index is -0.635. The van der Waals surface area contributed by atoms with Crippen molar-refractivity contribution in [2.24, 2.45) is 0 Å². The van der Waals surface area contributed by atoms with E-state index in [1.165, 1.54) is 65.9 Å². The Morgan fingerprint density at radius 2 is 1.05 bits per heavy atom. The zero-order chi connectivity index (χ0) is 28.1. The largest absolute Gasteiger partial charge is 0.507 e. The monoisotopic (exact) mass is 520 g/mol. The fraction of sp³-hybridized carbons (Fsp3) is 0.172. The number of phenolic OH excluding ortho intramolecular Hbond substituents is 2. The zero-order valence-corrected chi connectivity index (χ0v) is 21.7. The SMILES string of the molecule is C=C(C(=O)c1c(O)cc(OC)cc1OC)c1ccc(OC)c(C(=C)C(=O)c2c(O)cc(OC)cc2OC)c1. The molecule has 0 saturated carbocycles.